The molecular weight excluding hydrogens is 308 g/mol. The number of carbonyl (C=O) groups is 1. The first kappa shape index (κ1) is 14.1. The van der Waals surface area contributed by atoms with Crippen LogP contribution in [0.5, 0.6) is 0 Å². The van der Waals surface area contributed by atoms with Gasteiger partial charge in [-0.1, -0.05) is 0 Å². The molecule has 24 heavy (non-hydrogen) atoms. The number of aryl methyl sites for hydroxylation is 1. The van der Waals surface area contributed by atoms with Crippen molar-refractivity contribution in [3.8, 4) is 17.3 Å². The molecule has 4 aromatic rings. The zero-order chi connectivity index (χ0) is 16.7. The third kappa shape index (κ3) is 2.32. The Kier molecular flexibility index (Phi) is 3.12. The average Bonchev–Trinajstić information content (AvgIpc) is 3.24. The summed E-state index contributed by atoms with van der Waals surface area (Å²) >= 11 is 0. The molecular formula is C15H14N8O. The lowest BCUT2D eigenvalue weighted by atomic mass is 10.3. The highest BCUT2D eigenvalue weighted by atomic mass is 16.1. The van der Waals surface area contributed by atoms with Crippen LogP contribution in [0.3, 0.4) is 0 Å². The van der Waals surface area contributed by atoms with Gasteiger partial charge in [0.25, 0.3) is 0 Å². The van der Waals surface area contributed by atoms with Crippen LogP contribution in [-0.2, 0) is 18.3 Å². The predicted octanol–water partition coefficient (Wildman–Crippen LogP) is 0.572. The maximum absolute atomic E-state index is 11.2. The lowest BCUT2D eigenvalue weighted by Gasteiger charge is -2.05. The molecule has 0 aliphatic heterocycles. The van der Waals surface area contributed by atoms with Gasteiger partial charge in [0.15, 0.2) is 17.5 Å². The van der Waals surface area contributed by atoms with Crippen molar-refractivity contribution in [3.63, 3.8) is 0 Å². The van der Waals surface area contributed by atoms with Crippen LogP contribution in [0.1, 0.15) is 5.82 Å². The summed E-state index contributed by atoms with van der Waals surface area (Å²) in [5.74, 6) is 1.08. The molecule has 0 saturated carbocycles. The van der Waals surface area contributed by atoms with Crippen LogP contribution in [0, 0.1) is 0 Å². The van der Waals surface area contributed by atoms with Crippen LogP contribution >= 0.6 is 0 Å². The highest BCUT2D eigenvalue weighted by Gasteiger charge is 2.18. The highest BCUT2D eigenvalue weighted by Crippen LogP contribution is 2.22. The number of hydrogen-bond donors (Lipinski definition) is 2. The fourth-order valence-corrected chi connectivity index (χ4v) is 2.54. The van der Waals surface area contributed by atoms with Crippen LogP contribution in [0.25, 0.3) is 28.4 Å². The molecule has 4 heterocycles. The normalized spacial score (nSPS) is 11.2. The first-order valence-corrected chi connectivity index (χ1v) is 7.29. The minimum atomic E-state index is -0.489. The van der Waals surface area contributed by atoms with Gasteiger partial charge in [0.2, 0.25) is 5.91 Å². The van der Waals surface area contributed by atoms with Crippen molar-refractivity contribution in [2.75, 3.05) is 0 Å². The molecule has 0 bridgehead atoms. The van der Waals surface area contributed by atoms with Crippen molar-refractivity contribution in [2.24, 2.45) is 12.8 Å². The van der Waals surface area contributed by atoms with E-state index in [1.165, 1.54) is 0 Å². The highest BCUT2D eigenvalue weighted by molar-refractivity contribution is 5.78. The van der Waals surface area contributed by atoms with Gasteiger partial charge in [-0.3, -0.25) is 9.48 Å². The maximum atomic E-state index is 11.2. The number of aromatic amines is 1. The molecule has 0 aliphatic rings. The number of fused-ring (bicyclic) bond motifs is 1. The van der Waals surface area contributed by atoms with Gasteiger partial charge in [0.1, 0.15) is 11.3 Å². The number of primary amides is 1. The number of amides is 1. The molecule has 120 valence electrons. The van der Waals surface area contributed by atoms with Gasteiger partial charge in [0, 0.05) is 24.7 Å². The van der Waals surface area contributed by atoms with E-state index in [2.05, 4.69) is 25.1 Å². The van der Waals surface area contributed by atoms with E-state index in [-0.39, 0.29) is 6.42 Å². The zero-order valence-corrected chi connectivity index (χ0v) is 12.8. The van der Waals surface area contributed by atoms with Crippen molar-refractivity contribution in [3.05, 3.63) is 42.5 Å². The topological polar surface area (TPSA) is 120 Å². The van der Waals surface area contributed by atoms with Crippen LogP contribution in [0.4, 0.5) is 0 Å². The molecule has 0 atom stereocenters. The number of nitrogens with one attached hydrogen (secondary N) is 1. The third-order valence-corrected chi connectivity index (χ3v) is 3.63. The lowest BCUT2D eigenvalue weighted by molar-refractivity contribution is -0.117. The van der Waals surface area contributed by atoms with E-state index in [4.69, 9.17) is 5.73 Å². The van der Waals surface area contributed by atoms with Crippen LogP contribution in [0.15, 0.2) is 36.7 Å². The van der Waals surface area contributed by atoms with E-state index < -0.39 is 5.91 Å². The third-order valence-electron chi connectivity index (χ3n) is 3.63. The first-order valence-electron chi connectivity index (χ1n) is 7.29. The minimum Gasteiger partial charge on any atom is -0.369 e. The second-order valence-corrected chi connectivity index (χ2v) is 5.33. The molecule has 4 rings (SSSR count). The Morgan fingerprint density at radius 2 is 2.12 bits per heavy atom. The molecule has 0 fully saturated rings. The van der Waals surface area contributed by atoms with Crippen molar-refractivity contribution in [2.45, 2.75) is 6.42 Å². The number of hydrogen-bond acceptors (Lipinski definition) is 5. The summed E-state index contributed by atoms with van der Waals surface area (Å²) in [7, 11) is 1.80. The Balaban J connectivity index is 1.90. The van der Waals surface area contributed by atoms with Gasteiger partial charge in [-0.15, -0.1) is 5.10 Å². The van der Waals surface area contributed by atoms with E-state index in [1.807, 2.05) is 24.4 Å². The number of nitrogens with two attached hydrogens (primary N) is 1. The standard InChI is InChI=1S/C15H14N8O/c1-22-13(5-7-18-22)23-15(20-12(21-23)8-11(16)24)10-3-2-9-4-6-17-14(9)19-10/h2-7H,8H2,1H3,(H2,16,24)(H,17,19). The van der Waals surface area contributed by atoms with Gasteiger partial charge in [-0.2, -0.15) is 9.78 Å². The summed E-state index contributed by atoms with van der Waals surface area (Å²) in [4.78, 5) is 23.3. The Hall–Kier alpha value is -3.49. The van der Waals surface area contributed by atoms with E-state index in [1.54, 1.807) is 28.7 Å². The summed E-state index contributed by atoms with van der Waals surface area (Å²) in [5, 5.41) is 9.54. The molecule has 0 radical (unpaired) electrons. The number of nitrogens with zero attached hydrogens (tertiary/aromatic N) is 6. The number of aromatic nitrogens is 7. The number of pyridine rings is 1. The average molecular weight is 322 g/mol. The number of carbonyl (C=O) groups excluding carboxylic acids is 1. The predicted molar refractivity (Wildman–Crippen MR) is 86.1 cm³/mol. The summed E-state index contributed by atoms with van der Waals surface area (Å²) in [5.41, 5.74) is 6.65. The van der Waals surface area contributed by atoms with Crippen LogP contribution in [0.2, 0.25) is 0 Å². The molecule has 9 heteroatoms. The largest absolute Gasteiger partial charge is 0.369 e. The van der Waals surface area contributed by atoms with Gasteiger partial charge in [-0.05, 0) is 18.2 Å². The second-order valence-electron chi connectivity index (χ2n) is 5.33. The van der Waals surface area contributed by atoms with Crippen molar-refractivity contribution in [1.82, 2.24) is 34.5 Å². The van der Waals surface area contributed by atoms with E-state index in [0.717, 1.165) is 11.0 Å². The first-order chi connectivity index (χ1) is 11.6. The SMILES string of the molecule is Cn1nccc1-n1nc(CC(N)=O)nc1-c1ccc2cc[nH]c2n1. The zero-order valence-electron chi connectivity index (χ0n) is 12.8. The van der Waals surface area contributed by atoms with Crippen molar-refractivity contribution in [1.29, 1.82) is 0 Å². The Morgan fingerprint density at radius 1 is 1.25 bits per heavy atom. The molecule has 9 nitrogen and oxygen atoms in total. The quantitative estimate of drug-likeness (QED) is 0.569. The summed E-state index contributed by atoms with van der Waals surface area (Å²) in [6.45, 7) is 0. The van der Waals surface area contributed by atoms with Gasteiger partial charge < -0.3 is 10.7 Å². The Labute approximate surface area is 136 Å². The van der Waals surface area contributed by atoms with Gasteiger partial charge >= 0.3 is 0 Å². The summed E-state index contributed by atoms with van der Waals surface area (Å²) < 4.78 is 3.28. The van der Waals surface area contributed by atoms with Gasteiger partial charge in [0.05, 0.1) is 12.6 Å². The molecule has 0 unspecified atom stereocenters. The van der Waals surface area contributed by atoms with Gasteiger partial charge in [-0.25, -0.2) is 9.97 Å². The smallest absolute Gasteiger partial charge is 0.225 e. The molecule has 4 aromatic heterocycles. The van der Waals surface area contributed by atoms with E-state index >= 15 is 0 Å². The fourth-order valence-electron chi connectivity index (χ4n) is 2.54. The number of H-pyrrole nitrogens is 1. The monoisotopic (exact) mass is 322 g/mol. The summed E-state index contributed by atoms with van der Waals surface area (Å²) in [6, 6.07) is 7.56. The van der Waals surface area contributed by atoms with E-state index in [9.17, 15) is 4.79 Å². The molecule has 3 N–H and O–H groups in total. The number of rotatable bonds is 4. The molecule has 0 aliphatic carbocycles. The molecule has 1 amide bonds. The van der Waals surface area contributed by atoms with Crippen LogP contribution in [-0.4, -0.2) is 40.4 Å². The van der Waals surface area contributed by atoms with E-state index in [0.29, 0.717) is 23.2 Å². The summed E-state index contributed by atoms with van der Waals surface area (Å²) in [6.07, 6.45) is 3.45. The second kappa shape index (κ2) is 5.30. The molecule has 0 aromatic carbocycles. The molecule has 0 spiro atoms. The van der Waals surface area contributed by atoms with Crippen LogP contribution < -0.4 is 5.73 Å². The molecule has 0 saturated heterocycles. The maximum Gasteiger partial charge on any atom is 0.225 e. The van der Waals surface area contributed by atoms with Crippen molar-refractivity contribution < 1.29 is 4.79 Å². The fraction of sp³-hybridized carbons (Fsp3) is 0.133. The lowest BCUT2D eigenvalue weighted by Crippen LogP contribution is -2.15. The Morgan fingerprint density at radius 3 is 2.88 bits per heavy atom. The minimum absolute atomic E-state index is 0.0391. The Bertz CT molecular complexity index is 1040. The van der Waals surface area contributed by atoms with Crippen molar-refractivity contribution >= 4 is 16.9 Å².